The summed E-state index contributed by atoms with van der Waals surface area (Å²) < 4.78 is 1.04. The summed E-state index contributed by atoms with van der Waals surface area (Å²) in [5.74, 6) is 2.28. The van der Waals surface area contributed by atoms with Crippen molar-refractivity contribution in [3.63, 3.8) is 0 Å². The fourth-order valence-corrected chi connectivity index (χ4v) is 2.52. The Kier molecular flexibility index (Phi) is 5.74. The summed E-state index contributed by atoms with van der Waals surface area (Å²) in [6.07, 6.45) is 2.04. The van der Waals surface area contributed by atoms with E-state index in [9.17, 15) is 0 Å². The summed E-state index contributed by atoms with van der Waals surface area (Å²) in [6, 6.07) is 10.2. The van der Waals surface area contributed by atoms with E-state index in [1.165, 1.54) is 0 Å². The maximum atomic E-state index is 4.72. The van der Waals surface area contributed by atoms with Gasteiger partial charge in [0.15, 0.2) is 5.82 Å². The van der Waals surface area contributed by atoms with Crippen LogP contribution in [0.25, 0.3) is 11.4 Å². The molecule has 2 rings (SSSR count). The molecule has 0 spiro atoms. The molecule has 3 nitrogen and oxygen atoms in total. The zero-order chi connectivity index (χ0) is 15.2. The van der Waals surface area contributed by atoms with Crippen molar-refractivity contribution in [1.29, 1.82) is 0 Å². The quantitative estimate of drug-likeness (QED) is 0.805. The first kappa shape index (κ1) is 16.0. The molecule has 4 heteroatoms. The van der Waals surface area contributed by atoms with E-state index < -0.39 is 0 Å². The molecule has 21 heavy (non-hydrogen) atoms. The molecular formula is C17H22BrN3. The minimum Gasteiger partial charge on any atom is -0.370 e. The predicted octanol–water partition coefficient (Wildman–Crippen LogP) is 4.93. The molecule has 1 aromatic carbocycles. The molecule has 0 atom stereocenters. The summed E-state index contributed by atoms with van der Waals surface area (Å²) in [6.45, 7) is 7.49. The summed E-state index contributed by atoms with van der Waals surface area (Å²) in [5, 5.41) is 3.37. The lowest BCUT2D eigenvalue weighted by Gasteiger charge is -2.11. The second kappa shape index (κ2) is 7.55. The minimum atomic E-state index is 0.578. The molecule has 1 heterocycles. The maximum absolute atomic E-state index is 4.72. The van der Waals surface area contributed by atoms with E-state index in [1.54, 1.807) is 0 Å². The van der Waals surface area contributed by atoms with Gasteiger partial charge in [-0.2, -0.15) is 0 Å². The highest BCUT2D eigenvalue weighted by molar-refractivity contribution is 9.10. The van der Waals surface area contributed by atoms with Gasteiger partial charge in [-0.1, -0.05) is 48.8 Å². The lowest BCUT2D eigenvalue weighted by atomic mass is 10.1. The molecule has 0 radical (unpaired) electrons. The molecule has 0 aliphatic heterocycles. The van der Waals surface area contributed by atoms with Gasteiger partial charge in [0, 0.05) is 28.3 Å². The maximum Gasteiger partial charge on any atom is 0.161 e. The standard InChI is InChI=1S/C17H22BrN3/c1-4-8-19-16-11-15(9-12(2)3)20-17(21-16)13-6-5-7-14(18)10-13/h5-7,10-12H,4,8-9H2,1-3H3,(H,19,20,21). The molecule has 0 saturated carbocycles. The number of aromatic nitrogens is 2. The fourth-order valence-electron chi connectivity index (χ4n) is 2.12. The molecular weight excluding hydrogens is 326 g/mol. The zero-order valence-corrected chi connectivity index (χ0v) is 14.4. The number of anilines is 1. The summed E-state index contributed by atoms with van der Waals surface area (Å²) in [4.78, 5) is 9.37. The number of halogens is 1. The number of rotatable bonds is 6. The second-order valence-electron chi connectivity index (χ2n) is 5.60. The van der Waals surface area contributed by atoms with Crippen molar-refractivity contribution in [2.24, 2.45) is 5.92 Å². The second-order valence-corrected chi connectivity index (χ2v) is 6.52. The lowest BCUT2D eigenvalue weighted by Crippen LogP contribution is -2.07. The van der Waals surface area contributed by atoms with E-state index in [1.807, 2.05) is 18.2 Å². The monoisotopic (exact) mass is 347 g/mol. The number of benzene rings is 1. The van der Waals surface area contributed by atoms with E-state index in [0.29, 0.717) is 5.92 Å². The van der Waals surface area contributed by atoms with Crippen LogP contribution in [0.15, 0.2) is 34.8 Å². The highest BCUT2D eigenvalue weighted by Gasteiger charge is 2.08. The molecule has 0 bridgehead atoms. The van der Waals surface area contributed by atoms with Crippen LogP contribution in [0.3, 0.4) is 0 Å². The normalized spacial score (nSPS) is 10.9. The average Bonchev–Trinajstić information content (AvgIpc) is 2.44. The van der Waals surface area contributed by atoms with E-state index in [4.69, 9.17) is 4.98 Å². The Morgan fingerprint density at radius 2 is 2.00 bits per heavy atom. The van der Waals surface area contributed by atoms with E-state index >= 15 is 0 Å². The molecule has 0 saturated heterocycles. The number of hydrogen-bond donors (Lipinski definition) is 1. The molecule has 0 amide bonds. The molecule has 1 aromatic heterocycles. The van der Waals surface area contributed by atoms with Crippen molar-refractivity contribution in [3.8, 4) is 11.4 Å². The summed E-state index contributed by atoms with van der Waals surface area (Å²) in [7, 11) is 0. The van der Waals surface area contributed by atoms with Gasteiger partial charge in [0.1, 0.15) is 5.82 Å². The van der Waals surface area contributed by atoms with Crippen LogP contribution in [0.4, 0.5) is 5.82 Å². The van der Waals surface area contributed by atoms with E-state index in [-0.39, 0.29) is 0 Å². The molecule has 112 valence electrons. The van der Waals surface area contributed by atoms with Crippen LogP contribution in [0.5, 0.6) is 0 Å². The fraction of sp³-hybridized carbons (Fsp3) is 0.412. The van der Waals surface area contributed by atoms with Gasteiger partial charge < -0.3 is 5.32 Å². The van der Waals surface area contributed by atoms with Crippen molar-refractivity contribution in [2.45, 2.75) is 33.6 Å². The van der Waals surface area contributed by atoms with Gasteiger partial charge in [-0.15, -0.1) is 0 Å². The Morgan fingerprint density at radius 3 is 2.67 bits per heavy atom. The predicted molar refractivity (Wildman–Crippen MR) is 92.5 cm³/mol. The SMILES string of the molecule is CCCNc1cc(CC(C)C)nc(-c2cccc(Br)c2)n1. The van der Waals surface area contributed by atoms with E-state index in [0.717, 1.165) is 46.8 Å². The summed E-state index contributed by atoms with van der Waals surface area (Å²) in [5.41, 5.74) is 2.13. The van der Waals surface area contributed by atoms with Crippen LogP contribution in [-0.2, 0) is 6.42 Å². The third kappa shape index (κ3) is 4.81. The Bertz CT molecular complexity index is 596. The Hall–Kier alpha value is -1.42. The van der Waals surface area contributed by atoms with Crippen LogP contribution in [0.1, 0.15) is 32.9 Å². The van der Waals surface area contributed by atoms with Gasteiger partial charge in [0.05, 0.1) is 0 Å². The van der Waals surface area contributed by atoms with Gasteiger partial charge in [-0.25, -0.2) is 9.97 Å². The lowest BCUT2D eigenvalue weighted by molar-refractivity contribution is 0.635. The first-order valence-electron chi connectivity index (χ1n) is 7.46. The highest BCUT2D eigenvalue weighted by Crippen LogP contribution is 2.22. The van der Waals surface area contributed by atoms with Crippen LogP contribution in [-0.4, -0.2) is 16.5 Å². The first-order valence-corrected chi connectivity index (χ1v) is 8.25. The van der Waals surface area contributed by atoms with Crippen molar-refractivity contribution < 1.29 is 0 Å². The molecule has 0 aliphatic carbocycles. The van der Waals surface area contributed by atoms with Crippen molar-refractivity contribution in [2.75, 3.05) is 11.9 Å². The Morgan fingerprint density at radius 1 is 1.19 bits per heavy atom. The Labute approximate surface area is 135 Å². The third-order valence-electron chi connectivity index (χ3n) is 3.04. The number of nitrogens with zero attached hydrogens (tertiary/aromatic N) is 2. The minimum absolute atomic E-state index is 0.578. The van der Waals surface area contributed by atoms with Gasteiger partial charge in [0.2, 0.25) is 0 Å². The summed E-state index contributed by atoms with van der Waals surface area (Å²) >= 11 is 3.51. The third-order valence-corrected chi connectivity index (χ3v) is 3.53. The van der Waals surface area contributed by atoms with Crippen LogP contribution < -0.4 is 5.32 Å². The van der Waals surface area contributed by atoms with Crippen LogP contribution in [0.2, 0.25) is 0 Å². The van der Waals surface area contributed by atoms with Crippen molar-refractivity contribution >= 4 is 21.7 Å². The molecule has 2 aromatic rings. The molecule has 0 aliphatic rings. The molecule has 0 unspecified atom stereocenters. The van der Waals surface area contributed by atoms with Gasteiger partial charge >= 0.3 is 0 Å². The molecule has 0 fully saturated rings. The number of hydrogen-bond acceptors (Lipinski definition) is 3. The number of nitrogens with one attached hydrogen (secondary N) is 1. The van der Waals surface area contributed by atoms with Gasteiger partial charge in [-0.3, -0.25) is 0 Å². The van der Waals surface area contributed by atoms with Crippen molar-refractivity contribution in [1.82, 2.24) is 9.97 Å². The average molecular weight is 348 g/mol. The topological polar surface area (TPSA) is 37.8 Å². The molecule has 1 N–H and O–H groups in total. The van der Waals surface area contributed by atoms with E-state index in [2.05, 4.69) is 59.1 Å². The van der Waals surface area contributed by atoms with Crippen LogP contribution >= 0.6 is 15.9 Å². The van der Waals surface area contributed by atoms with Gasteiger partial charge in [-0.05, 0) is 30.9 Å². The Balaban J connectivity index is 2.38. The van der Waals surface area contributed by atoms with Gasteiger partial charge in [0.25, 0.3) is 0 Å². The smallest absolute Gasteiger partial charge is 0.161 e. The van der Waals surface area contributed by atoms with Crippen molar-refractivity contribution in [3.05, 3.63) is 40.5 Å². The van der Waals surface area contributed by atoms with Crippen LogP contribution in [0, 0.1) is 5.92 Å². The zero-order valence-electron chi connectivity index (χ0n) is 12.9. The highest BCUT2D eigenvalue weighted by atomic mass is 79.9. The largest absolute Gasteiger partial charge is 0.370 e. The first-order chi connectivity index (χ1) is 10.1.